The lowest BCUT2D eigenvalue weighted by Gasteiger charge is -2.18. The average molecular weight is 427 g/mol. The molecule has 0 unspecified atom stereocenters. The van der Waals surface area contributed by atoms with E-state index in [2.05, 4.69) is 29.6 Å². The molecule has 0 aromatic heterocycles. The van der Waals surface area contributed by atoms with Crippen molar-refractivity contribution < 1.29 is 9.59 Å². The molecule has 0 bridgehead atoms. The number of nitrogens with zero attached hydrogens (tertiary/aromatic N) is 1. The van der Waals surface area contributed by atoms with Crippen LogP contribution in [0.5, 0.6) is 0 Å². The fourth-order valence-electron chi connectivity index (χ4n) is 4.33. The van der Waals surface area contributed by atoms with Crippen molar-refractivity contribution in [2.45, 2.75) is 38.0 Å². The highest BCUT2D eigenvalue weighted by Crippen LogP contribution is 2.28. The number of likely N-dealkylation sites (tertiary alicyclic amines) is 1. The minimum absolute atomic E-state index is 0.00766. The molecule has 0 saturated carbocycles. The molecule has 1 saturated heterocycles. The van der Waals surface area contributed by atoms with E-state index in [0.717, 1.165) is 54.7 Å². The van der Waals surface area contributed by atoms with Crippen molar-refractivity contribution in [1.82, 2.24) is 4.90 Å². The lowest BCUT2D eigenvalue weighted by atomic mass is 9.88. The van der Waals surface area contributed by atoms with Gasteiger partial charge in [0.15, 0.2) is 0 Å². The molecule has 4 nitrogen and oxygen atoms in total. The van der Waals surface area contributed by atoms with Crippen LogP contribution in [0.3, 0.4) is 0 Å². The van der Waals surface area contributed by atoms with Gasteiger partial charge in [-0.2, -0.15) is 0 Å². The van der Waals surface area contributed by atoms with Crippen molar-refractivity contribution >= 4 is 17.5 Å². The Hall–Kier alpha value is -3.40. The van der Waals surface area contributed by atoms with Crippen molar-refractivity contribution in [1.29, 1.82) is 0 Å². The van der Waals surface area contributed by atoms with Crippen molar-refractivity contribution in [2.75, 3.05) is 18.4 Å². The molecule has 3 aromatic rings. The molecular formula is C28H30N2O2. The van der Waals surface area contributed by atoms with Crippen molar-refractivity contribution in [3.8, 4) is 0 Å². The van der Waals surface area contributed by atoms with Crippen molar-refractivity contribution in [3.63, 3.8) is 0 Å². The summed E-state index contributed by atoms with van der Waals surface area (Å²) >= 11 is 0. The SMILES string of the molecule is O=C(CC(c1ccccc1)c1ccccc1)Nc1ccc(CCC(=O)N2CCCC2)cc1. The quantitative estimate of drug-likeness (QED) is 0.524. The number of nitrogens with one attached hydrogen (secondary N) is 1. The van der Waals surface area contributed by atoms with Crippen molar-refractivity contribution in [3.05, 3.63) is 102 Å². The number of hydrogen-bond donors (Lipinski definition) is 1. The fourth-order valence-corrected chi connectivity index (χ4v) is 4.33. The third kappa shape index (κ3) is 5.85. The van der Waals surface area contributed by atoms with Gasteiger partial charge in [0, 0.05) is 37.5 Å². The monoisotopic (exact) mass is 426 g/mol. The van der Waals surface area contributed by atoms with Crippen LogP contribution in [0, 0.1) is 0 Å². The number of carbonyl (C=O) groups excluding carboxylic acids is 2. The molecule has 3 aromatic carbocycles. The summed E-state index contributed by atoms with van der Waals surface area (Å²) in [5, 5.41) is 3.03. The molecule has 1 heterocycles. The van der Waals surface area contributed by atoms with E-state index in [-0.39, 0.29) is 17.7 Å². The maximum absolute atomic E-state index is 12.9. The third-order valence-electron chi connectivity index (χ3n) is 6.12. The highest BCUT2D eigenvalue weighted by Gasteiger charge is 2.19. The topological polar surface area (TPSA) is 49.4 Å². The van der Waals surface area contributed by atoms with Crippen LogP contribution in [0.4, 0.5) is 5.69 Å². The summed E-state index contributed by atoms with van der Waals surface area (Å²) < 4.78 is 0. The normalized spacial score (nSPS) is 13.3. The van der Waals surface area contributed by atoms with Gasteiger partial charge >= 0.3 is 0 Å². The third-order valence-corrected chi connectivity index (χ3v) is 6.12. The molecule has 4 heteroatoms. The molecule has 0 atom stereocenters. The summed E-state index contributed by atoms with van der Waals surface area (Å²) in [7, 11) is 0. The van der Waals surface area contributed by atoms with E-state index in [1.807, 2.05) is 65.6 Å². The largest absolute Gasteiger partial charge is 0.343 e. The maximum Gasteiger partial charge on any atom is 0.225 e. The standard InChI is InChI=1S/C28H30N2O2/c31-27(21-26(23-9-3-1-4-10-23)24-11-5-2-6-12-24)29-25-16-13-22(14-17-25)15-18-28(32)30-19-7-8-20-30/h1-6,9-14,16-17,26H,7-8,15,18-21H2,(H,29,31). The lowest BCUT2D eigenvalue weighted by Crippen LogP contribution is -2.27. The Kier molecular flexibility index (Phi) is 7.34. The van der Waals surface area contributed by atoms with Crippen LogP contribution in [-0.4, -0.2) is 29.8 Å². The van der Waals surface area contributed by atoms with Crippen LogP contribution < -0.4 is 5.32 Å². The van der Waals surface area contributed by atoms with Gasteiger partial charge in [-0.05, 0) is 48.1 Å². The maximum atomic E-state index is 12.9. The van der Waals surface area contributed by atoms with E-state index in [0.29, 0.717) is 12.8 Å². The predicted octanol–water partition coefficient (Wildman–Crippen LogP) is 5.40. The molecule has 164 valence electrons. The number of benzene rings is 3. The van der Waals surface area contributed by atoms with Gasteiger partial charge in [-0.15, -0.1) is 0 Å². The second-order valence-electron chi connectivity index (χ2n) is 8.41. The number of anilines is 1. The summed E-state index contributed by atoms with van der Waals surface area (Å²) in [6.07, 6.45) is 3.89. The zero-order chi connectivity index (χ0) is 22.2. The van der Waals surface area contributed by atoms with Crippen molar-refractivity contribution in [2.24, 2.45) is 0 Å². The molecule has 0 radical (unpaired) electrons. The molecule has 1 aliphatic heterocycles. The highest BCUT2D eigenvalue weighted by molar-refractivity contribution is 5.91. The first-order chi connectivity index (χ1) is 15.7. The average Bonchev–Trinajstić information content (AvgIpc) is 3.38. The van der Waals surface area contributed by atoms with E-state index in [4.69, 9.17) is 0 Å². The van der Waals surface area contributed by atoms with Gasteiger partial charge in [0.25, 0.3) is 0 Å². The predicted molar refractivity (Wildman–Crippen MR) is 129 cm³/mol. The minimum atomic E-state index is -0.0142. The summed E-state index contributed by atoms with van der Waals surface area (Å²) in [5.74, 6) is 0.237. The zero-order valence-corrected chi connectivity index (χ0v) is 18.4. The zero-order valence-electron chi connectivity index (χ0n) is 18.4. The number of rotatable bonds is 8. The summed E-state index contributed by atoms with van der Waals surface area (Å²) in [6.45, 7) is 1.80. The first-order valence-corrected chi connectivity index (χ1v) is 11.5. The molecule has 4 rings (SSSR count). The number of hydrogen-bond acceptors (Lipinski definition) is 2. The van der Waals surface area contributed by atoms with Gasteiger partial charge in [-0.25, -0.2) is 0 Å². The number of amides is 2. The van der Waals surface area contributed by atoms with Crippen LogP contribution in [0.25, 0.3) is 0 Å². The molecule has 1 aliphatic rings. The Morgan fingerprint density at radius 1 is 0.781 bits per heavy atom. The van der Waals surface area contributed by atoms with Crippen LogP contribution in [0.2, 0.25) is 0 Å². The molecule has 1 fully saturated rings. The smallest absolute Gasteiger partial charge is 0.225 e. The highest BCUT2D eigenvalue weighted by atomic mass is 16.2. The molecule has 32 heavy (non-hydrogen) atoms. The van der Waals surface area contributed by atoms with E-state index < -0.39 is 0 Å². The van der Waals surface area contributed by atoms with E-state index in [1.54, 1.807) is 0 Å². The number of aryl methyl sites for hydroxylation is 1. The van der Waals surface area contributed by atoms with Crippen LogP contribution in [0.15, 0.2) is 84.9 Å². The van der Waals surface area contributed by atoms with E-state index in [9.17, 15) is 9.59 Å². The van der Waals surface area contributed by atoms with E-state index >= 15 is 0 Å². The second-order valence-corrected chi connectivity index (χ2v) is 8.41. The van der Waals surface area contributed by atoms with Gasteiger partial charge in [-0.3, -0.25) is 9.59 Å². The summed E-state index contributed by atoms with van der Waals surface area (Å²) in [6, 6.07) is 28.2. The summed E-state index contributed by atoms with van der Waals surface area (Å²) in [5.41, 5.74) is 4.16. The van der Waals surface area contributed by atoms with Crippen LogP contribution in [0.1, 0.15) is 48.3 Å². The summed E-state index contributed by atoms with van der Waals surface area (Å²) in [4.78, 5) is 27.1. The Morgan fingerprint density at radius 3 is 1.91 bits per heavy atom. The Morgan fingerprint density at radius 2 is 1.34 bits per heavy atom. The molecule has 0 spiro atoms. The first kappa shape index (κ1) is 21.8. The van der Waals surface area contributed by atoms with Crippen LogP contribution in [-0.2, 0) is 16.0 Å². The van der Waals surface area contributed by atoms with Gasteiger partial charge in [0.05, 0.1) is 0 Å². The van der Waals surface area contributed by atoms with Gasteiger partial charge < -0.3 is 10.2 Å². The van der Waals surface area contributed by atoms with Gasteiger partial charge in [0.2, 0.25) is 11.8 Å². The molecule has 1 N–H and O–H groups in total. The van der Waals surface area contributed by atoms with Gasteiger partial charge in [-0.1, -0.05) is 72.8 Å². The van der Waals surface area contributed by atoms with Gasteiger partial charge in [0.1, 0.15) is 0 Å². The minimum Gasteiger partial charge on any atom is -0.343 e. The first-order valence-electron chi connectivity index (χ1n) is 11.5. The Bertz CT molecular complexity index is 971. The second kappa shape index (κ2) is 10.8. The Balaban J connectivity index is 1.34. The van der Waals surface area contributed by atoms with E-state index in [1.165, 1.54) is 0 Å². The number of carbonyl (C=O) groups is 2. The molecular weight excluding hydrogens is 396 g/mol. The lowest BCUT2D eigenvalue weighted by molar-refractivity contribution is -0.130. The fraction of sp³-hybridized carbons (Fsp3) is 0.286. The Labute approximate surface area is 190 Å². The van der Waals surface area contributed by atoms with Crippen LogP contribution >= 0.6 is 0 Å². The molecule has 2 amide bonds. The molecule has 0 aliphatic carbocycles.